The number of carboxylic acids is 1. The summed E-state index contributed by atoms with van der Waals surface area (Å²) in [7, 11) is 0. The van der Waals surface area contributed by atoms with Gasteiger partial charge < -0.3 is 5.11 Å². The number of benzene rings is 3. The van der Waals surface area contributed by atoms with Crippen LogP contribution in [-0.4, -0.2) is 16.1 Å². The summed E-state index contributed by atoms with van der Waals surface area (Å²) < 4.78 is 0. The Morgan fingerprint density at radius 3 is 2.55 bits per heavy atom. The van der Waals surface area contributed by atoms with E-state index in [1.165, 1.54) is 0 Å². The number of nitrogens with zero attached hydrogens (tertiary/aromatic N) is 1. The molecule has 0 spiro atoms. The molecule has 0 aliphatic rings. The van der Waals surface area contributed by atoms with Crippen molar-refractivity contribution in [3.63, 3.8) is 0 Å². The van der Waals surface area contributed by atoms with Gasteiger partial charge in [0, 0.05) is 16.1 Å². The lowest BCUT2D eigenvalue weighted by Crippen LogP contribution is -2.15. The number of fused-ring (bicyclic) bond motifs is 2. The maximum Gasteiger partial charge on any atom is 0.311 e. The van der Waals surface area contributed by atoms with Crippen LogP contribution in [0.25, 0.3) is 32.8 Å². The first-order valence-corrected chi connectivity index (χ1v) is 10.2. The summed E-state index contributed by atoms with van der Waals surface area (Å²) in [5.41, 5.74) is 4.26. The quantitative estimate of drug-likeness (QED) is 0.390. The first kappa shape index (κ1) is 19.4. The zero-order valence-corrected chi connectivity index (χ0v) is 17.2. The van der Waals surface area contributed by atoms with Crippen LogP contribution in [0.5, 0.6) is 0 Å². The zero-order valence-electron chi connectivity index (χ0n) is 16.4. The second kappa shape index (κ2) is 7.84. The average Bonchev–Trinajstić information content (AvgIpc) is 2.71. The number of carboxylic acid groups (broad SMARTS) is 1. The molecule has 146 valence electrons. The van der Waals surface area contributed by atoms with E-state index in [2.05, 4.69) is 30.3 Å². The lowest BCUT2D eigenvalue weighted by molar-refractivity contribution is -0.139. The predicted molar refractivity (Wildman–Crippen MR) is 120 cm³/mol. The van der Waals surface area contributed by atoms with Gasteiger partial charge in [-0.05, 0) is 65.1 Å². The maximum absolute atomic E-state index is 12.2. The third-order valence-electron chi connectivity index (χ3n) is 5.44. The van der Waals surface area contributed by atoms with Gasteiger partial charge in [-0.15, -0.1) is 0 Å². The second-order valence-corrected chi connectivity index (χ2v) is 7.83. The van der Waals surface area contributed by atoms with E-state index in [4.69, 9.17) is 16.6 Å². The first-order chi connectivity index (χ1) is 14.0. The molecule has 29 heavy (non-hydrogen) atoms. The fourth-order valence-corrected chi connectivity index (χ4v) is 4.31. The summed E-state index contributed by atoms with van der Waals surface area (Å²) in [5.74, 6) is -1.43. The number of halogens is 1. The minimum absolute atomic E-state index is 0.560. The highest BCUT2D eigenvalue weighted by atomic mass is 35.5. The molecule has 4 rings (SSSR count). The van der Waals surface area contributed by atoms with Crippen LogP contribution >= 0.6 is 11.6 Å². The average molecular weight is 404 g/mol. The van der Waals surface area contributed by atoms with Gasteiger partial charge in [0.15, 0.2) is 0 Å². The number of rotatable bonds is 5. The van der Waals surface area contributed by atoms with Crippen molar-refractivity contribution >= 4 is 39.2 Å². The molecule has 0 amide bonds. The molecule has 1 atom stereocenters. The van der Waals surface area contributed by atoms with Crippen LogP contribution in [0.2, 0.25) is 5.02 Å². The van der Waals surface area contributed by atoms with Crippen LogP contribution < -0.4 is 0 Å². The molecular formula is C25H22ClNO2. The molecule has 0 bridgehead atoms. The Bertz CT molecular complexity index is 1230. The Morgan fingerprint density at radius 1 is 1.07 bits per heavy atom. The minimum atomic E-state index is -0.819. The number of carbonyl (C=O) groups is 1. The Kier molecular flexibility index (Phi) is 5.25. The van der Waals surface area contributed by atoms with Crippen molar-refractivity contribution in [3.05, 3.63) is 76.9 Å². The summed E-state index contributed by atoms with van der Waals surface area (Å²) in [5, 5.41) is 13.8. The fourth-order valence-electron chi connectivity index (χ4n) is 4.14. The SMILES string of the molecule is CCCC(C(=O)O)c1c(C)nc2ccc(Cl)cc2c1-c1ccc2ccccc2c1. The highest BCUT2D eigenvalue weighted by Gasteiger charge is 2.27. The van der Waals surface area contributed by atoms with E-state index < -0.39 is 11.9 Å². The van der Waals surface area contributed by atoms with Crippen LogP contribution in [-0.2, 0) is 4.79 Å². The Morgan fingerprint density at radius 2 is 1.83 bits per heavy atom. The van der Waals surface area contributed by atoms with Crippen molar-refractivity contribution in [1.29, 1.82) is 0 Å². The molecule has 1 heterocycles. The third kappa shape index (κ3) is 3.58. The van der Waals surface area contributed by atoms with E-state index >= 15 is 0 Å². The number of hydrogen-bond acceptors (Lipinski definition) is 2. The Hall–Kier alpha value is -2.91. The van der Waals surface area contributed by atoms with Gasteiger partial charge in [0.05, 0.1) is 11.4 Å². The molecule has 0 aliphatic carbocycles. The van der Waals surface area contributed by atoms with Gasteiger partial charge in [0.2, 0.25) is 0 Å². The minimum Gasteiger partial charge on any atom is -0.481 e. The van der Waals surface area contributed by atoms with Crippen molar-refractivity contribution < 1.29 is 9.90 Å². The van der Waals surface area contributed by atoms with Gasteiger partial charge in [-0.25, -0.2) is 0 Å². The van der Waals surface area contributed by atoms with Gasteiger partial charge in [0.25, 0.3) is 0 Å². The lowest BCUT2D eigenvalue weighted by Gasteiger charge is -2.21. The summed E-state index contributed by atoms with van der Waals surface area (Å²) in [6.45, 7) is 3.91. The highest BCUT2D eigenvalue weighted by molar-refractivity contribution is 6.31. The number of aliphatic carboxylic acids is 1. The van der Waals surface area contributed by atoms with Gasteiger partial charge in [-0.1, -0.05) is 61.3 Å². The molecule has 4 aromatic rings. The molecule has 0 aliphatic heterocycles. The number of hydrogen-bond donors (Lipinski definition) is 1. The second-order valence-electron chi connectivity index (χ2n) is 7.39. The molecule has 3 aromatic carbocycles. The maximum atomic E-state index is 12.2. The molecule has 0 saturated heterocycles. The smallest absolute Gasteiger partial charge is 0.311 e. The van der Waals surface area contributed by atoms with E-state index in [-0.39, 0.29) is 0 Å². The van der Waals surface area contributed by atoms with Crippen LogP contribution in [0, 0.1) is 6.92 Å². The predicted octanol–water partition coefficient (Wildman–Crippen LogP) is 6.99. The molecule has 0 radical (unpaired) electrons. The molecule has 1 aromatic heterocycles. The lowest BCUT2D eigenvalue weighted by atomic mass is 9.84. The Labute approximate surface area is 175 Å². The fraction of sp³-hybridized carbons (Fsp3) is 0.200. The zero-order chi connectivity index (χ0) is 20.5. The number of aromatic nitrogens is 1. The van der Waals surface area contributed by atoms with Gasteiger partial charge in [0.1, 0.15) is 0 Å². The van der Waals surface area contributed by atoms with Crippen molar-refractivity contribution in [2.24, 2.45) is 0 Å². The Balaban J connectivity index is 2.11. The molecule has 0 fully saturated rings. The third-order valence-corrected chi connectivity index (χ3v) is 5.67. The van der Waals surface area contributed by atoms with Crippen molar-refractivity contribution in [3.8, 4) is 11.1 Å². The van der Waals surface area contributed by atoms with Crippen molar-refractivity contribution in [2.45, 2.75) is 32.6 Å². The van der Waals surface area contributed by atoms with E-state index in [9.17, 15) is 9.90 Å². The van der Waals surface area contributed by atoms with Crippen LogP contribution in [0.3, 0.4) is 0 Å². The van der Waals surface area contributed by atoms with Gasteiger partial charge in [-0.3, -0.25) is 9.78 Å². The van der Waals surface area contributed by atoms with E-state index in [1.54, 1.807) is 0 Å². The van der Waals surface area contributed by atoms with E-state index in [0.717, 1.165) is 50.5 Å². The molecule has 1 unspecified atom stereocenters. The van der Waals surface area contributed by atoms with Crippen LogP contribution in [0.1, 0.15) is 36.9 Å². The van der Waals surface area contributed by atoms with Gasteiger partial charge >= 0.3 is 5.97 Å². The monoisotopic (exact) mass is 403 g/mol. The standard InChI is InChI=1S/C25H22ClNO2/c1-3-6-20(25(28)29)23-15(2)27-22-12-11-19(26)14-21(22)24(23)18-10-9-16-7-4-5-8-17(16)13-18/h4-5,7-14,20H,3,6H2,1-2H3,(H,28,29). The van der Waals surface area contributed by atoms with Gasteiger partial charge in [-0.2, -0.15) is 0 Å². The molecule has 0 saturated carbocycles. The first-order valence-electron chi connectivity index (χ1n) is 9.81. The van der Waals surface area contributed by atoms with E-state index in [0.29, 0.717) is 11.4 Å². The highest BCUT2D eigenvalue weighted by Crippen LogP contribution is 2.40. The largest absolute Gasteiger partial charge is 0.481 e. The normalized spacial score (nSPS) is 12.4. The van der Waals surface area contributed by atoms with Crippen LogP contribution in [0.15, 0.2) is 60.7 Å². The van der Waals surface area contributed by atoms with Crippen molar-refractivity contribution in [2.75, 3.05) is 0 Å². The number of aryl methyl sites for hydroxylation is 1. The summed E-state index contributed by atoms with van der Waals surface area (Å²) in [6.07, 6.45) is 1.34. The van der Waals surface area contributed by atoms with Crippen molar-refractivity contribution in [1.82, 2.24) is 4.98 Å². The van der Waals surface area contributed by atoms with E-state index in [1.807, 2.05) is 44.2 Å². The number of pyridine rings is 1. The summed E-state index contributed by atoms with van der Waals surface area (Å²) in [6, 6.07) is 20.0. The molecule has 3 nitrogen and oxygen atoms in total. The molecule has 1 N–H and O–H groups in total. The van der Waals surface area contributed by atoms with Crippen LogP contribution in [0.4, 0.5) is 0 Å². The molecular weight excluding hydrogens is 382 g/mol. The summed E-state index contributed by atoms with van der Waals surface area (Å²) in [4.78, 5) is 16.9. The molecule has 4 heteroatoms. The summed E-state index contributed by atoms with van der Waals surface area (Å²) >= 11 is 6.32. The topological polar surface area (TPSA) is 50.2 Å².